The fourth-order valence-electron chi connectivity index (χ4n) is 2.86. The Kier molecular flexibility index (Phi) is 5.72. The summed E-state index contributed by atoms with van der Waals surface area (Å²) >= 11 is 0. The first kappa shape index (κ1) is 22.1. The van der Waals surface area contributed by atoms with Crippen molar-refractivity contribution < 1.29 is 32.0 Å². The number of rotatable bonds is 1. The summed E-state index contributed by atoms with van der Waals surface area (Å²) in [6.07, 6.45) is -1.69. The van der Waals surface area contributed by atoms with Gasteiger partial charge in [-0.05, 0) is 54.9 Å². The number of likely N-dealkylation sites (tertiary alicyclic amines) is 1. The van der Waals surface area contributed by atoms with Crippen LogP contribution in [0.4, 0.5) is 18.0 Å². The van der Waals surface area contributed by atoms with Crippen molar-refractivity contribution in [3.8, 4) is 0 Å². The van der Waals surface area contributed by atoms with Gasteiger partial charge < -0.3 is 18.9 Å². The van der Waals surface area contributed by atoms with E-state index in [9.17, 15) is 18.0 Å². The molecule has 2 heterocycles. The van der Waals surface area contributed by atoms with Gasteiger partial charge in [-0.1, -0.05) is 0 Å². The molecule has 0 aliphatic carbocycles. The molecule has 0 spiro atoms. The van der Waals surface area contributed by atoms with Crippen molar-refractivity contribution in [1.29, 1.82) is 0 Å². The van der Waals surface area contributed by atoms with Crippen molar-refractivity contribution in [2.24, 2.45) is 0 Å². The van der Waals surface area contributed by atoms with Crippen LogP contribution in [0.15, 0.2) is 11.3 Å². The topological polar surface area (TPSA) is 48.0 Å². The lowest BCUT2D eigenvalue weighted by Crippen LogP contribution is -2.41. The number of halogens is 3. The molecule has 0 radical (unpaired) electrons. The van der Waals surface area contributed by atoms with E-state index in [1.807, 2.05) is 0 Å². The minimum Gasteiger partial charge on any atom is -0.444 e. The van der Waals surface area contributed by atoms with Crippen LogP contribution in [0.3, 0.4) is 0 Å². The van der Waals surface area contributed by atoms with E-state index >= 15 is 0 Å². The smallest absolute Gasteiger partial charge is 0.444 e. The van der Waals surface area contributed by atoms with E-state index < -0.39 is 53.7 Å². The van der Waals surface area contributed by atoms with Crippen molar-refractivity contribution in [3.63, 3.8) is 0 Å². The molecule has 154 valence electrons. The van der Waals surface area contributed by atoms with Crippen LogP contribution in [-0.4, -0.2) is 53.9 Å². The maximum Gasteiger partial charge on any atom is 0.525 e. The van der Waals surface area contributed by atoms with E-state index in [0.29, 0.717) is 0 Å². The van der Waals surface area contributed by atoms with Gasteiger partial charge in [-0.3, -0.25) is 0 Å². The average Bonchev–Trinajstić information content (AvgIpc) is 2.59. The van der Waals surface area contributed by atoms with E-state index in [4.69, 9.17) is 14.0 Å². The lowest BCUT2D eigenvalue weighted by Gasteiger charge is -2.32. The molecule has 0 aromatic carbocycles. The molecule has 2 saturated heterocycles. The van der Waals surface area contributed by atoms with Crippen LogP contribution in [0, 0.1) is 0 Å². The summed E-state index contributed by atoms with van der Waals surface area (Å²) in [6.45, 7) is 11.7. The van der Waals surface area contributed by atoms with Gasteiger partial charge in [0, 0.05) is 25.1 Å². The zero-order chi connectivity index (χ0) is 20.8. The van der Waals surface area contributed by atoms with Gasteiger partial charge in [-0.15, -0.1) is 0 Å². The zero-order valence-corrected chi connectivity index (χ0v) is 17.1. The third-order valence-electron chi connectivity index (χ3n) is 5.17. The predicted octanol–water partition coefficient (Wildman–Crippen LogP) is 4.51. The molecule has 5 nitrogen and oxygen atoms in total. The highest BCUT2D eigenvalue weighted by atomic mass is 19.3. The number of amides is 1. The van der Waals surface area contributed by atoms with E-state index in [0.717, 1.165) is 0 Å². The zero-order valence-electron chi connectivity index (χ0n) is 17.1. The van der Waals surface area contributed by atoms with Crippen LogP contribution >= 0.6 is 0 Å². The van der Waals surface area contributed by atoms with Crippen molar-refractivity contribution in [2.75, 3.05) is 13.1 Å². The molecule has 0 N–H and O–H groups in total. The Hall–Kier alpha value is -1.22. The monoisotopic (exact) mass is 391 g/mol. The summed E-state index contributed by atoms with van der Waals surface area (Å²) < 4.78 is 60.5. The Labute approximate surface area is 159 Å². The minimum atomic E-state index is -3.40. The van der Waals surface area contributed by atoms with Gasteiger partial charge in [0.25, 0.3) is 5.92 Å². The van der Waals surface area contributed by atoms with Crippen LogP contribution in [0.2, 0.25) is 0 Å². The molecule has 0 aromatic heterocycles. The molecular formula is C18H29BF3NO4. The summed E-state index contributed by atoms with van der Waals surface area (Å²) in [4.78, 5) is 13.4. The van der Waals surface area contributed by atoms with Gasteiger partial charge in [0.15, 0.2) is 0 Å². The van der Waals surface area contributed by atoms with Gasteiger partial charge in [0.05, 0.1) is 11.2 Å². The Morgan fingerprint density at radius 2 is 1.63 bits per heavy atom. The molecule has 0 unspecified atom stereocenters. The molecule has 2 rings (SSSR count). The molecule has 0 bridgehead atoms. The van der Waals surface area contributed by atoms with E-state index in [1.165, 1.54) is 4.90 Å². The first-order valence-corrected chi connectivity index (χ1v) is 9.16. The maximum atomic E-state index is 15.0. The Bertz CT molecular complexity index is 613. The molecule has 27 heavy (non-hydrogen) atoms. The van der Waals surface area contributed by atoms with E-state index in [1.54, 1.807) is 48.5 Å². The number of hydrogen-bond acceptors (Lipinski definition) is 4. The molecule has 2 aliphatic heterocycles. The molecule has 0 atom stereocenters. The maximum absolute atomic E-state index is 15.0. The molecule has 1 amide bonds. The highest BCUT2D eigenvalue weighted by Crippen LogP contribution is 2.43. The highest BCUT2D eigenvalue weighted by Gasteiger charge is 2.55. The van der Waals surface area contributed by atoms with Crippen LogP contribution < -0.4 is 0 Å². The first-order valence-electron chi connectivity index (χ1n) is 9.16. The fourth-order valence-corrected chi connectivity index (χ4v) is 2.86. The molecule has 2 fully saturated rings. The highest BCUT2D eigenvalue weighted by molar-refractivity contribution is 6.53. The Balaban J connectivity index is 2.22. The number of carbonyl (C=O) groups excluding carboxylic acids is 1. The van der Waals surface area contributed by atoms with Crippen LogP contribution in [0.1, 0.15) is 61.3 Å². The minimum absolute atomic E-state index is 0.0627. The number of ether oxygens (including phenoxy) is 1. The average molecular weight is 391 g/mol. The largest absolute Gasteiger partial charge is 0.525 e. The van der Waals surface area contributed by atoms with Gasteiger partial charge in [0.1, 0.15) is 11.3 Å². The van der Waals surface area contributed by atoms with Crippen molar-refractivity contribution >= 4 is 13.2 Å². The summed E-state index contributed by atoms with van der Waals surface area (Å²) in [6, 6.07) is 0. The van der Waals surface area contributed by atoms with E-state index in [-0.39, 0.29) is 19.5 Å². The third-order valence-corrected chi connectivity index (χ3v) is 5.17. The molecule has 2 aliphatic rings. The van der Waals surface area contributed by atoms with Crippen LogP contribution in [-0.2, 0) is 14.0 Å². The lowest BCUT2D eigenvalue weighted by atomic mass is 9.81. The normalized spacial score (nSPS) is 26.6. The molecule has 0 aromatic rings. The summed E-state index contributed by atoms with van der Waals surface area (Å²) in [7, 11) is -1.48. The van der Waals surface area contributed by atoms with Crippen molar-refractivity contribution in [3.05, 3.63) is 11.3 Å². The first-order chi connectivity index (χ1) is 12.1. The van der Waals surface area contributed by atoms with Crippen LogP contribution in [0.5, 0.6) is 0 Å². The van der Waals surface area contributed by atoms with Crippen LogP contribution in [0.25, 0.3) is 0 Å². The van der Waals surface area contributed by atoms with Gasteiger partial charge in [0.2, 0.25) is 0 Å². The second kappa shape index (κ2) is 6.99. The summed E-state index contributed by atoms with van der Waals surface area (Å²) in [5.74, 6) is -3.40. The Morgan fingerprint density at radius 1 is 1.11 bits per heavy atom. The number of carbonyl (C=O) groups is 1. The SMILES string of the molecule is CC(C)(C)OC(=O)N1CCC(=C(F)B2OC(C)(C)C(C)(C)O2)C(F)(F)CC1. The Morgan fingerprint density at radius 3 is 2.11 bits per heavy atom. The fraction of sp³-hybridized carbons (Fsp3) is 0.833. The van der Waals surface area contributed by atoms with Crippen molar-refractivity contribution in [1.82, 2.24) is 4.90 Å². The second-order valence-corrected chi connectivity index (χ2v) is 9.09. The number of hydrogen-bond donors (Lipinski definition) is 0. The lowest BCUT2D eigenvalue weighted by molar-refractivity contribution is 0.00578. The van der Waals surface area contributed by atoms with Gasteiger partial charge in [-0.2, -0.15) is 0 Å². The third kappa shape index (κ3) is 4.80. The summed E-state index contributed by atoms with van der Waals surface area (Å²) in [5.41, 5.74) is -4.19. The van der Waals surface area contributed by atoms with Gasteiger partial charge in [-0.25, -0.2) is 18.0 Å². The summed E-state index contributed by atoms with van der Waals surface area (Å²) in [5, 5.41) is 0. The molecular weight excluding hydrogens is 362 g/mol. The van der Waals surface area contributed by atoms with Gasteiger partial charge >= 0.3 is 13.2 Å². The predicted molar refractivity (Wildman–Crippen MR) is 96.2 cm³/mol. The molecule has 0 saturated carbocycles. The quantitative estimate of drug-likeness (QED) is 0.618. The van der Waals surface area contributed by atoms with Crippen molar-refractivity contribution in [2.45, 2.75) is 84.0 Å². The standard InChI is InChI=1S/C18H29BF3NO4/c1-15(2,3)25-14(24)23-10-8-12(18(21,22)9-11-23)13(20)19-26-16(4,5)17(6,7)27-19/h8-11H2,1-7H3. The van der Waals surface area contributed by atoms with E-state index in [2.05, 4.69) is 0 Å². The second-order valence-electron chi connectivity index (χ2n) is 9.09. The molecule has 9 heteroatoms. The number of nitrogens with zero attached hydrogens (tertiary/aromatic N) is 1. The number of alkyl halides is 2.